The van der Waals surface area contributed by atoms with Crippen LogP contribution in [-0.4, -0.2) is 32.9 Å². The van der Waals surface area contributed by atoms with E-state index in [1.54, 1.807) is 29.7 Å². The SMILES string of the molecule is O=C(NO)c1ccc(CNC(=O)[C@@H]2Cc3c([nH]c4ccccc34)[C@@H](C3CC3)N2Cc2ccccc2)cc1. The Labute approximate surface area is 215 Å². The van der Waals surface area contributed by atoms with E-state index in [1.165, 1.54) is 35.0 Å². The van der Waals surface area contributed by atoms with Crippen molar-refractivity contribution in [1.29, 1.82) is 0 Å². The van der Waals surface area contributed by atoms with Crippen molar-refractivity contribution >= 4 is 22.7 Å². The second kappa shape index (κ2) is 9.84. The number of hydrogen-bond acceptors (Lipinski definition) is 4. The van der Waals surface area contributed by atoms with E-state index >= 15 is 0 Å². The van der Waals surface area contributed by atoms with E-state index in [9.17, 15) is 9.59 Å². The van der Waals surface area contributed by atoms with Crippen molar-refractivity contribution in [3.63, 3.8) is 0 Å². The van der Waals surface area contributed by atoms with Gasteiger partial charge in [0.2, 0.25) is 5.91 Å². The molecule has 0 unspecified atom stereocenters. The topological polar surface area (TPSA) is 97.5 Å². The van der Waals surface area contributed by atoms with E-state index in [0.717, 1.165) is 11.1 Å². The fourth-order valence-electron chi connectivity index (χ4n) is 5.67. The van der Waals surface area contributed by atoms with Crippen molar-refractivity contribution in [1.82, 2.24) is 20.7 Å². The first kappa shape index (κ1) is 23.5. The maximum Gasteiger partial charge on any atom is 0.274 e. The largest absolute Gasteiger partial charge is 0.357 e. The number of carbonyl (C=O) groups excluding carboxylic acids is 2. The minimum absolute atomic E-state index is 0.00897. The number of fused-ring (bicyclic) bond motifs is 3. The molecule has 0 spiro atoms. The molecule has 0 bridgehead atoms. The predicted molar refractivity (Wildman–Crippen MR) is 141 cm³/mol. The molecule has 2 aliphatic rings. The Morgan fingerprint density at radius 1 is 0.919 bits per heavy atom. The first-order valence-corrected chi connectivity index (χ1v) is 12.8. The number of aromatic nitrogens is 1. The minimum Gasteiger partial charge on any atom is -0.357 e. The number of para-hydroxylation sites is 1. The van der Waals surface area contributed by atoms with Gasteiger partial charge >= 0.3 is 0 Å². The standard InChI is InChI=1S/C30H30N4O3/c35-29(33-37)22-12-10-19(11-13-22)17-31-30(36)26-16-24-23-8-4-5-9-25(23)32-27(24)28(21-14-15-21)34(26)18-20-6-2-1-3-7-20/h1-13,21,26,28,32,37H,14-18H2,(H,31,36)(H,33,35)/t26-,28+/m0/s1. The van der Waals surface area contributed by atoms with Gasteiger partial charge in [0.1, 0.15) is 0 Å². The average Bonchev–Trinajstić information content (AvgIpc) is 3.71. The summed E-state index contributed by atoms with van der Waals surface area (Å²) in [4.78, 5) is 31.5. The zero-order chi connectivity index (χ0) is 25.4. The number of nitrogens with zero attached hydrogens (tertiary/aromatic N) is 1. The molecule has 1 saturated carbocycles. The van der Waals surface area contributed by atoms with Crippen LogP contribution in [0.15, 0.2) is 78.9 Å². The first-order chi connectivity index (χ1) is 18.1. The third-order valence-electron chi connectivity index (χ3n) is 7.66. The van der Waals surface area contributed by atoms with Crippen molar-refractivity contribution in [2.45, 2.75) is 44.4 Å². The smallest absolute Gasteiger partial charge is 0.274 e. The van der Waals surface area contributed by atoms with Gasteiger partial charge in [-0.1, -0.05) is 60.7 Å². The van der Waals surface area contributed by atoms with Crippen LogP contribution in [0.25, 0.3) is 10.9 Å². The van der Waals surface area contributed by atoms with Gasteiger partial charge in [-0.05, 0) is 60.1 Å². The van der Waals surface area contributed by atoms with Gasteiger partial charge in [-0.25, -0.2) is 5.48 Å². The molecule has 3 aromatic carbocycles. The van der Waals surface area contributed by atoms with Crippen molar-refractivity contribution in [3.05, 3.63) is 107 Å². The number of H-pyrrole nitrogens is 1. The molecular formula is C30H30N4O3. The summed E-state index contributed by atoms with van der Waals surface area (Å²) >= 11 is 0. The molecule has 0 saturated heterocycles. The summed E-state index contributed by atoms with van der Waals surface area (Å²) < 4.78 is 0. The molecule has 1 fully saturated rings. The van der Waals surface area contributed by atoms with Gasteiger partial charge in [0, 0.05) is 35.2 Å². The number of benzene rings is 3. The Bertz CT molecular complexity index is 1430. The summed E-state index contributed by atoms with van der Waals surface area (Å²) in [6.45, 7) is 1.07. The van der Waals surface area contributed by atoms with Crippen molar-refractivity contribution < 1.29 is 14.8 Å². The van der Waals surface area contributed by atoms with E-state index in [-0.39, 0.29) is 18.0 Å². The third kappa shape index (κ3) is 4.63. The van der Waals surface area contributed by atoms with Crippen LogP contribution in [-0.2, 0) is 24.3 Å². The summed E-state index contributed by atoms with van der Waals surface area (Å²) in [5.41, 5.74) is 7.74. The lowest BCUT2D eigenvalue weighted by atomic mass is 9.88. The second-order valence-corrected chi connectivity index (χ2v) is 10.1. The monoisotopic (exact) mass is 494 g/mol. The quantitative estimate of drug-likeness (QED) is 0.225. The van der Waals surface area contributed by atoms with Crippen LogP contribution in [0.4, 0.5) is 0 Å². The second-order valence-electron chi connectivity index (χ2n) is 10.1. The number of carbonyl (C=O) groups is 2. The molecule has 2 heterocycles. The summed E-state index contributed by atoms with van der Waals surface area (Å²) in [7, 11) is 0. The highest BCUT2D eigenvalue weighted by atomic mass is 16.5. The van der Waals surface area contributed by atoms with Crippen LogP contribution in [0.5, 0.6) is 0 Å². The molecule has 37 heavy (non-hydrogen) atoms. The van der Waals surface area contributed by atoms with Crippen LogP contribution in [0.3, 0.4) is 0 Å². The van der Waals surface area contributed by atoms with E-state index < -0.39 is 5.91 Å². The number of amides is 2. The van der Waals surface area contributed by atoms with Gasteiger partial charge in [0.05, 0.1) is 12.1 Å². The number of hydroxylamine groups is 1. The van der Waals surface area contributed by atoms with E-state index in [4.69, 9.17) is 5.21 Å². The number of nitrogens with one attached hydrogen (secondary N) is 3. The van der Waals surface area contributed by atoms with Crippen LogP contribution in [0.1, 0.15) is 51.6 Å². The minimum atomic E-state index is -0.560. The third-order valence-corrected chi connectivity index (χ3v) is 7.66. The van der Waals surface area contributed by atoms with Gasteiger partial charge in [0.15, 0.2) is 0 Å². The summed E-state index contributed by atoms with van der Waals surface area (Å²) in [6.07, 6.45) is 3.00. The Morgan fingerprint density at radius 2 is 1.65 bits per heavy atom. The van der Waals surface area contributed by atoms with Gasteiger partial charge < -0.3 is 10.3 Å². The van der Waals surface area contributed by atoms with Crippen LogP contribution >= 0.6 is 0 Å². The van der Waals surface area contributed by atoms with Crippen LogP contribution in [0.2, 0.25) is 0 Å². The number of hydrogen-bond donors (Lipinski definition) is 4. The van der Waals surface area contributed by atoms with E-state index in [1.807, 2.05) is 6.07 Å². The van der Waals surface area contributed by atoms with Crippen molar-refractivity contribution in [2.24, 2.45) is 5.92 Å². The lowest BCUT2D eigenvalue weighted by molar-refractivity contribution is -0.128. The van der Waals surface area contributed by atoms with Gasteiger partial charge in [-0.15, -0.1) is 0 Å². The van der Waals surface area contributed by atoms with Crippen LogP contribution in [0, 0.1) is 5.92 Å². The van der Waals surface area contributed by atoms with E-state index in [2.05, 4.69) is 63.7 Å². The predicted octanol–water partition coefficient (Wildman–Crippen LogP) is 4.48. The highest BCUT2D eigenvalue weighted by Gasteiger charge is 2.46. The zero-order valence-corrected chi connectivity index (χ0v) is 20.5. The normalized spacial score (nSPS) is 19.4. The number of rotatable bonds is 7. The van der Waals surface area contributed by atoms with Crippen LogP contribution < -0.4 is 10.8 Å². The first-order valence-electron chi connectivity index (χ1n) is 12.8. The lowest BCUT2D eigenvalue weighted by Crippen LogP contribution is -2.52. The fraction of sp³-hybridized carbons (Fsp3) is 0.267. The summed E-state index contributed by atoms with van der Waals surface area (Å²) in [6, 6.07) is 25.5. The summed E-state index contributed by atoms with van der Waals surface area (Å²) in [5, 5.41) is 13.2. The van der Waals surface area contributed by atoms with Gasteiger partial charge in [-0.2, -0.15) is 0 Å². The fourth-order valence-corrected chi connectivity index (χ4v) is 5.67. The van der Waals surface area contributed by atoms with E-state index in [0.29, 0.717) is 31.0 Å². The number of aromatic amines is 1. The molecule has 7 nitrogen and oxygen atoms in total. The van der Waals surface area contributed by atoms with Gasteiger partial charge in [0.25, 0.3) is 5.91 Å². The molecular weight excluding hydrogens is 464 g/mol. The molecule has 6 rings (SSSR count). The molecule has 188 valence electrons. The Hall–Kier alpha value is -3.94. The molecule has 4 N–H and O–H groups in total. The molecule has 7 heteroatoms. The van der Waals surface area contributed by atoms with Crippen molar-refractivity contribution in [3.8, 4) is 0 Å². The molecule has 0 radical (unpaired) electrons. The molecule has 1 aromatic heterocycles. The maximum atomic E-state index is 13.8. The zero-order valence-electron chi connectivity index (χ0n) is 20.5. The average molecular weight is 495 g/mol. The Balaban J connectivity index is 1.30. The molecule has 1 aliphatic carbocycles. The molecule has 1 aliphatic heterocycles. The molecule has 2 atom stereocenters. The molecule has 2 amide bonds. The lowest BCUT2D eigenvalue weighted by Gasteiger charge is -2.41. The Morgan fingerprint density at radius 3 is 2.38 bits per heavy atom. The molecule has 4 aromatic rings. The van der Waals surface area contributed by atoms with Gasteiger partial charge in [-0.3, -0.25) is 19.7 Å². The highest BCUT2D eigenvalue weighted by molar-refractivity contribution is 5.93. The highest BCUT2D eigenvalue weighted by Crippen LogP contribution is 2.50. The van der Waals surface area contributed by atoms with Crippen molar-refractivity contribution in [2.75, 3.05) is 0 Å². The Kier molecular flexibility index (Phi) is 6.24. The maximum absolute atomic E-state index is 13.8. The summed E-state index contributed by atoms with van der Waals surface area (Å²) in [5.74, 6) is -0.0129.